The first-order chi connectivity index (χ1) is 9.61. The zero-order valence-electron chi connectivity index (χ0n) is 11.4. The Balaban J connectivity index is 1.92. The predicted octanol–water partition coefficient (Wildman–Crippen LogP) is 2.16. The number of amides is 1. The number of carbonyl (C=O) groups is 1. The smallest absolute Gasteiger partial charge is 0.251 e. The Kier molecular flexibility index (Phi) is 4.79. The van der Waals surface area contributed by atoms with Gasteiger partial charge in [-0.25, -0.2) is 4.98 Å². The average Bonchev–Trinajstić information content (AvgIpc) is 2.84. The van der Waals surface area contributed by atoms with Crippen molar-refractivity contribution in [3.63, 3.8) is 0 Å². The molecule has 0 unspecified atom stereocenters. The Morgan fingerprint density at radius 1 is 1.50 bits per heavy atom. The van der Waals surface area contributed by atoms with Gasteiger partial charge in [-0.2, -0.15) is 0 Å². The summed E-state index contributed by atoms with van der Waals surface area (Å²) in [5.41, 5.74) is 0.595. The maximum absolute atomic E-state index is 12.0. The number of aryl methyl sites for hydroxylation is 1. The van der Waals surface area contributed by atoms with Crippen LogP contribution in [0, 0.1) is 0 Å². The zero-order valence-corrected chi connectivity index (χ0v) is 13.0. The number of imidazole rings is 1. The fraction of sp³-hybridized carbons (Fsp3) is 0.286. The molecule has 106 valence electrons. The maximum Gasteiger partial charge on any atom is 0.251 e. The van der Waals surface area contributed by atoms with Crippen molar-refractivity contribution in [1.29, 1.82) is 0 Å². The highest BCUT2D eigenvalue weighted by atomic mass is 79.9. The van der Waals surface area contributed by atoms with Gasteiger partial charge in [0.25, 0.3) is 5.91 Å². The molecule has 0 radical (unpaired) electrons. The van der Waals surface area contributed by atoms with E-state index in [2.05, 4.69) is 26.2 Å². The molecule has 20 heavy (non-hydrogen) atoms. The van der Waals surface area contributed by atoms with Crippen molar-refractivity contribution < 1.29 is 9.53 Å². The number of aromatic nitrogens is 2. The Labute approximate surface area is 126 Å². The van der Waals surface area contributed by atoms with Gasteiger partial charge in [0.15, 0.2) is 0 Å². The van der Waals surface area contributed by atoms with E-state index in [1.807, 2.05) is 17.8 Å². The molecule has 1 N–H and O–H groups in total. The summed E-state index contributed by atoms with van der Waals surface area (Å²) in [7, 11) is 3.53. The van der Waals surface area contributed by atoms with Crippen LogP contribution in [-0.2, 0) is 13.5 Å². The highest BCUT2D eigenvalue weighted by Gasteiger charge is 2.09. The molecule has 1 amide bonds. The molecule has 0 aliphatic heterocycles. The van der Waals surface area contributed by atoms with E-state index >= 15 is 0 Å². The molecule has 0 spiro atoms. The van der Waals surface area contributed by atoms with Crippen LogP contribution in [0.2, 0.25) is 0 Å². The quantitative estimate of drug-likeness (QED) is 0.909. The number of carbonyl (C=O) groups excluding carboxylic acids is 1. The zero-order chi connectivity index (χ0) is 14.5. The Morgan fingerprint density at radius 2 is 2.30 bits per heavy atom. The molecular formula is C14H16BrN3O2. The van der Waals surface area contributed by atoms with Gasteiger partial charge in [0.1, 0.15) is 11.6 Å². The van der Waals surface area contributed by atoms with Gasteiger partial charge >= 0.3 is 0 Å². The van der Waals surface area contributed by atoms with E-state index in [-0.39, 0.29) is 5.91 Å². The van der Waals surface area contributed by atoms with Gasteiger partial charge in [-0.3, -0.25) is 4.79 Å². The average molecular weight is 338 g/mol. The first-order valence-corrected chi connectivity index (χ1v) is 6.99. The van der Waals surface area contributed by atoms with Crippen molar-refractivity contribution in [3.05, 3.63) is 46.5 Å². The Morgan fingerprint density at radius 3 is 2.90 bits per heavy atom. The number of ether oxygens (including phenoxy) is 1. The summed E-state index contributed by atoms with van der Waals surface area (Å²) in [4.78, 5) is 16.2. The van der Waals surface area contributed by atoms with E-state index in [0.717, 1.165) is 10.3 Å². The number of nitrogens with one attached hydrogen (secondary N) is 1. The molecule has 1 aromatic heterocycles. The van der Waals surface area contributed by atoms with Gasteiger partial charge in [0, 0.05) is 38.0 Å². The molecule has 1 aromatic carbocycles. The minimum atomic E-state index is -0.109. The van der Waals surface area contributed by atoms with Gasteiger partial charge in [0.2, 0.25) is 0 Å². The molecule has 0 aliphatic carbocycles. The normalized spacial score (nSPS) is 10.3. The second-order valence-corrected chi connectivity index (χ2v) is 5.16. The van der Waals surface area contributed by atoms with Gasteiger partial charge in [-0.15, -0.1) is 0 Å². The number of methoxy groups -OCH3 is 1. The number of halogens is 1. The summed E-state index contributed by atoms with van der Waals surface area (Å²) in [5.74, 6) is 1.54. The van der Waals surface area contributed by atoms with Crippen LogP contribution in [0.1, 0.15) is 16.2 Å². The SMILES string of the molecule is COc1ccc(C(=O)NCCc2nccn2C)cc1Br. The third kappa shape index (κ3) is 3.39. The standard InChI is InChI=1S/C14H16BrN3O2/c1-18-8-7-16-13(18)5-6-17-14(19)10-3-4-12(20-2)11(15)9-10/h3-4,7-9H,5-6H2,1-2H3,(H,17,19). The number of hydrogen-bond acceptors (Lipinski definition) is 3. The van der Waals surface area contributed by atoms with Crippen LogP contribution in [0.3, 0.4) is 0 Å². The second kappa shape index (κ2) is 6.56. The molecule has 0 atom stereocenters. The van der Waals surface area contributed by atoms with E-state index in [4.69, 9.17) is 4.74 Å². The predicted molar refractivity (Wildman–Crippen MR) is 79.9 cm³/mol. The van der Waals surface area contributed by atoms with Crippen molar-refractivity contribution in [1.82, 2.24) is 14.9 Å². The third-order valence-corrected chi connectivity index (χ3v) is 3.59. The van der Waals surface area contributed by atoms with E-state index < -0.39 is 0 Å². The monoisotopic (exact) mass is 337 g/mol. The summed E-state index contributed by atoms with van der Waals surface area (Å²) in [6.07, 6.45) is 4.34. The number of nitrogens with zero attached hydrogens (tertiary/aromatic N) is 2. The van der Waals surface area contributed by atoms with Crippen LogP contribution >= 0.6 is 15.9 Å². The van der Waals surface area contributed by atoms with Crippen LogP contribution in [0.15, 0.2) is 35.1 Å². The van der Waals surface area contributed by atoms with Crippen molar-refractivity contribution >= 4 is 21.8 Å². The van der Waals surface area contributed by atoms with E-state index in [0.29, 0.717) is 24.3 Å². The van der Waals surface area contributed by atoms with Crippen LogP contribution < -0.4 is 10.1 Å². The Hall–Kier alpha value is -1.82. The van der Waals surface area contributed by atoms with Gasteiger partial charge in [0.05, 0.1) is 11.6 Å². The molecule has 0 aliphatic rings. The summed E-state index contributed by atoms with van der Waals surface area (Å²) in [6, 6.07) is 5.24. The van der Waals surface area contributed by atoms with Crippen LogP contribution in [0.25, 0.3) is 0 Å². The molecule has 0 saturated heterocycles. The molecule has 2 rings (SSSR count). The lowest BCUT2D eigenvalue weighted by Crippen LogP contribution is -2.26. The van der Waals surface area contributed by atoms with Crippen LogP contribution in [0.5, 0.6) is 5.75 Å². The molecular weight excluding hydrogens is 322 g/mol. The third-order valence-electron chi connectivity index (χ3n) is 2.97. The largest absolute Gasteiger partial charge is 0.496 e. The van der Waals surface area contributed by atoms with Crippen LogP contribution in [-0.4, -0.2) is 29.1 Å². The highest BCUT2D eigenvalue weighted by molar-refractivity contribution is 9.10. The lowest BCUT2D eigenvalue weighted by molar-refractivity contribution is 0.0954. The molecule has 2 aromatic rings. The number of rotatable bonds is 5. The minimum Gasteiger partial charge on any atom is -0.496 e. The second-order valence-electron chi connectivity index (χ2n) is 4.31. The van der Waals surface area contributed by atoms with Gasteiger partial charge in [-0.1, -0.05) is 0 Å². The first kappa shape index (κ1) is 14.6. The lowest BCUT2D eigenvalue weighted by Gasteiger charge is -2.08. The summed E-state index contributed by atoms with van der Waals surface area (Å²) >= 11 is 3.37. The molecule has 5 nitrogen and oxygen atoms in total. The maximum atomic E-state index is 12.0. The van der Waals surface area contributed by atoms with Crippen molar-refractivity contribution in [2.45, 2.75) is 6.42 Å². The lowest BCUT2D eigenvalue weighted by atomic mass is 10.2. The fourth-order valence-corrected chi connectivity index (χ4v) is 2.38. The molecule has 6 heteroatoms. The summed E-state index contributed by atoms with van der Waals surface area (Å²) in [5, 5.41) is 2.88. The van der Waals surface area contributed by atoms with Crippen molar-refractivity contribution in [2.75, 3.05) is 13.7 Å². The van der Waals surface area contributed by atoms with Gasteiger partial charge < -0.3 is 14.6 Å². The molecule has 0 bridgehead atoms. The minimum absolute atomic E-state index is 0.109. The Bertz CT molecular complexity index is 610. The fourth-order valence-electron chi connectivity index (χ4n) is 1.83. The van der Waals surface area contributed by atoms with E-state index in [1.165, 1.54) is 0 Å². The number of hydrogen-bond donors (Lipinski definition) is 1. The van der Waals surface area contributed by atoms with Crippen molar-refractivity contribution in [2.24, 2.45) is 7.05 Å². The van der Waals surface area contributed by atoms with Crippen molar-refractivity contribution in [3.8, 4) is 5.75 Å². The summed E-state index contributed by atoms with van der Waals surface area (Å²) < 4.78 is 7.83. The molecule has 0 saturated carbocycles. The molecule has 0 fully saturated rings. The van der Waals surface area contributed by atoms with Gasteiger partial charge in [-0.05, 0) is 34.1 Å². The van der Waals surface area contributed by atoms with E-state index in [1.54, 1.807) is 31.5 Å². The molecule has 1 heterocycles. The van der Waals surface area contributed by atoms with Crippen LogP contribution in [0.4, 0.5) is 0 Å². The summed E-state index contributed by atoms with van der Waals surface area (Å²) in [6.45, 7) is 0.549. The first-order valence-electron chi connectivity index (χ1n) is 6.19. The topological polar surface area (TPSA) is 56.1 Å². The number of benzene rings is 1. The highest BCUT2D eigenvalue weighted by Crippen LogP contribution is 2.25. The van der Waals surface area contributed by atoms with E-state index in [9.17, 15) is 4.79 Å².